The smallest absolute Gasteiger partial charge is 0.0542 e. The van der Waals surface area contributed by atoms with Gasteiger partial charge in [0.05, 0.1) is 5.69 Å². The predicted octanol–water partition coefficient (Wildman–Crippen LogP) is 1.52. The lowest BCUT2D eigenvalue weighted by Crippen LogP contribution is -2.36. The first-order valence-electron chi connectivity index (χ1n) is 5.63. The average Bonchev–Trinajstić information content (AvgIpc) is 2.15. The average molecular weight is 205 g/mol. The normalized spacial score (nSPS) is 16.7. The van der Waals surface area contributed by atoms with Crippen LogP contribution in [-0.2, 0) is 13.1 Å². The van der Waals surface area contributed by atoms with Crippen LogP contribution in [0.4, 0.5) is 0 Å². The Morgan fingerprint density at radius 3 is 2.93 bits per heavy atom. The molecule has 0 radical (unpaired) electrons. The Hall–Kier alpha value is -0.930. The van der Waals surface area contributed by atoms with Crippen LogP contribution in [0.5, 0.6) is 0 Å². The fourth-order valence-electron chi connectivity index (χ4n) is 1.98. The van der Waals surface area contributed by atoms with Crippen molar-refractivity contribution in [2.24, 2.45) is 5.73 Å². The Bertz CT molecular complexity index is 320. The van der Waals surface area contributed by atoms with Crippen LogP contribution < -0.4 is 5.73 Å². The van der Waals surface area contributed by atoms with Crippen molar-refractivity contribution in [3.63, 3.8) is 0 Å². The number of hydrogen-bond donors (Lipinski definition) is 1. The predicted molar refractivity (Wildman–Crippen MR) is 61.2 cm³/mol. The molecule has 1 saturated carbocycles. The quantitative estimate of drug-likeness (QED) is 0.810. The van der Waals surface area contributed by atoms with Gasteiger partial charge in [0.1, 0.15) is 0 Å². The van der Waals surface area contributed by atoms with E-state index in [-0.39, 0.29) is 0 Å². The zero-order valence-electron chi connectivity index (χ0n) is 9.32. The van der Waals surface area contributed by atoms with E-state index in [1.807, 2.05) is 6.20 Å². The van der Waals surface area contributed by atoms with Crippen molar-refractivity contribution in [1.82, 2.24) is 9.88 Å². The highest BCUT2D eigenvalue weighted by molar-refractivity contribution is 5.16. The van der Waals surface area contributed by atoms with Crippen molar-refractivity contribution in [2.45, 2.75) is 38.4 Å². The summed E-state index contributed by atoms with van der Waals surface area (Å²) in [7, 11) is 2.20. The van der Waals surface area contributed by atoms with E-state index in [4.69, 9.17) is 5.73 Å². The van der Waals surface area contributed by atoms with Crippen molar-refractivity contribution in [1.29, 1.82) is 0 Å². The van der Waals surface area contributed by atoms with Crippen LogP contribution in [0.2, 0.25) is 0 Å². The standard InChI is InChI=1S/C12H19N3/c1-15(12-3-2-4-12)9-10-5-6-14-11(7-10)8-13/h5-7,12H,2-4,8-9,13H2,1H3. The van der Waals surface area contributed by atoms with Crippen molar-refractivity contribution < 1.29 is 0 Å². The highest BCUT2D eigenvalue weighted by Gasteiger charge is 2.21. The molecule has 1 heterocycles. The van der Waals surface area contributed by atoms with Crippen LogP contribution in [0.15, 0.2) is 18.3 Å². The lowest BCUT2D eigenvalue weighted by Gasteiger charge is -2.34. The zero-order chi connectivity index (χ0) is 10.7. The molecular weight excluding hydrogens is 186 g/mol. The Morgan fingerprint density at radius 2 is 2.33 bits per heavy atom. The van der Waals surface area contributed by atoms with Crippen molar-refractivity contribution >= 4 is 0 Å². The Kier molecular flexibility index (Phi) is 3.34. The lowest BCUT2D eigenvalue weighted by molar-refractivity contribution is 0.152. The summed E-state index contributed by atoms with van der Waals surface area (Å²) in [6.45, 7) is 1.54. The molecule has 1 aliphatic carbocycles. The summed E-state index contributed by atoms with van der Waals surface area (Å²) in [5, 5.41) is 0. The highest BCUT2D eigenvalue weighted by atomic mass is 15.1. The van der Waals surface area contributed by atoms with Gasteiger partial charge in [0.2, 0.25) is 0 Å². The van der Waals surface area contributed by atoms with Gasteiger partial charge >= 0.3 is 0 Å². The molecule has 82 valence electrons. The second-order valence-electron chi connectivity index (χ2n) is 4.36. The lowest BCUT2D eigenvalue weighted by atomic mass is 9.91. The molecule has 3 nitrogen and oxygen atoms in total. The summed E-state index contributed by atoms with van der Waals surface area (Å²) in [5.41, 5.74) is 7.87. The SMILES string of the molecule is CN(Cc1ccnc(CN)c1)C1CCC1. The number of pyridine rings is 1. The molecule has 2 N–H and O–H groups in total. The Balaban J connectivity index is 1.96. The summed E-state index contributed by atoms with van der Waals surface area (Å²) in [5.74, 6) is 0. The molecule has 1 aromatic rings. The minimum absolute atomic E-state index is 0.529. The molecule has 0 amide bonds. The van der Waals surface area contributed by atoms with Gasteiger partial charge in [0.15, 0.2) is 0 Å². The van der Waals surface area contributed by atoms with Crippen LogP contribution >= 0.6 is 0 Å². The van der Waals surface area contributed by atoms with Crippen molar-refractivity contribution in [2.75, 3.05) is 7.05 Å². The second kappa shape index (κ2) is 4.73. The topological polar surface area (TPSA) is 42.2 Å². The third-order valence-electron chi connectivity index (χ3n) is 3.22. The van der Waals surface area contributed by atoms with Gasteiger partial charge in [-0.2, -0.15) is 0 Å². The second-order valence-corrected chi connectivity index (χ2v) is 4.36. The largest absolute Gasteiger partial charge is 0.325 e. The zero-order valence-corrected chi connectivity index (χ0v) is 9.32. The van der Waals surface area contributed by atoms with E-state index < -0.39 is 0 Å². The van der Waals surface area contributed by atoms with Gasteiger partial charge in [-0.15, -0.1) is 0 Å². The van der Waals surface area contributed by atoms with Gasteiger partial charge in [0, 0.05) is 25.3 Å². The van der Waals surface area contributed by atoms with Gasteiger partial charge < -0.3 is 5.73 Å². The molecule has 0 spiro atoms. The number of hydrogen-bond acceptors (Lipinski definition) is 3. The molecule has 0 aromatic carbocycles. The molecule has 1 aliphatic rings. The maximum Gasteiger partial charge on any atom is 0.0542 e. The van der Waals surface area contributed by atoms with Crippen LogP contribution in [0.25, 0.3) is 0 Å². The monoisotopic (exact) mass is 205 g/mol. The van der Waals surface area contributed by atoms with Crippen LogP contribution in [0.3, 0.4) is 0 Å². The first-order chi connectivity index (χ1) is 7.29. The highest BCUT2D eigenvalue weighted by Crippen LogP contribution is 2.24. The fourth-order valence-corrected chi connectivity index (χ4v) is 1.98. The van der Waals surface area contributed by atoms with Crippen LogP contribution in [-0.4, -0.2) is 23.0 Å². The third-order valence-corrected chi connectivity index (χ3v) is 3.22. The van der Waals surface area contributed by atoms with Crippen molar-refractivity contribution in [3.8, 4) is 0 Å². The number of rotatable bonds is 4. The van der Waals surface area contributed by atoms with Gasteiger partial charge in [-0.25, -0.2) is 0 Å². The maximum absolute atomic E-state index is 5.57. The first kappa shape index (κ1) is 10.6. The van der Waals surface area contributed by atoms with E-state index in [1.54, 1.807) is 0 Å². The Morgan fingerprint density at radius 1 is 1.53 bits per heavy atom. The molecule has 0 saturated heterocycles. The number of nitrogens with two attached hydrogens (primary N) is 1. The molecule has 0 aliphatic heterocycles. The fraction of sp³-hybridized carbons (Fsp3) is 0.583. The molecule has 3 heteroatoms. The molecule has 1 fully saturated rings. The summed E-state index contributed by atoms with van der Waals surface area (Å²) in [6, 6.07) is 4.98. The molecule has 0 unspecified atom stereocenters. The van der Waals surface area contributed by atoms with E-state index in [9.17, 15) is 0 Å². The minimum Gasteiger partial charge on any atom is -0.325 e. The Labute approximate surface area is 91.3 Å². The summed E-state index contributed by atoms with van der Waals surface area (Å²) >= 11 is 0. The van der Waals surface area contributed by atoms with E-state index in [1.165, 1.54) is 24.8 Å². The molecule has 0 atom stereocenters. The van der Waals surface area contributed by atoms with E-state index in [0.29, 0.717) is 6.54 Å². The summed E-state index contributed by atoms with van der Waals surface area (Å²) in [6.07, 6.45) is 5.95. The van der Waals surface area contributed by atoms with Crippen LogP contribution in [0, 0.1) is 0 Å². The molecule has 15 heavy (non-hydrogen) atoms. The van der Waals surface area contributed by atoms with Crippen molar-refractivity contribution in [3.05, 3.63) is 29.6 Å². The van der Waals surface area contributed by atoms with Crippen LogP contribution in [0.1, 0.15) is 30.5 Å². The molecule has 0 bridgehead atoms. The van der Waals surface area contributed by atoms with E-state index in [2.05, 4.69) is 29.1 Å². The minimum atomic E-state index is 0.529. The number of aromatic nitrogens is 1. The van der Waals surface area contributed by atoms with Gasteiger partial charge in [-0.05, 0) is 37.6 Å². The van der Waals surface area contributed by atoms with Gasteiger partial charge in [-0.1, -0.05) is 6.42 Å². The molecule has 1 aromatic heterocycles. The van der Waals surface area contributed by atoms with Gasteiger partial charge in [0.25, 0.3) is 0 Å². The van der Waals surface area contributed by atoms with E-state index >= 15 is 0 Å². The number of nitrogens with zero attached hydrogens (tertiary/aromatic N) is 2. The van der Waals surface area contributed by atoms with Gasteiger partial charge in [-0.3, -0.25) is 9.88 Å². The summed E-state index contributed by atoms with van der Waals surface area (Å²) < 4.78 is 0. The van der Waals surface area contributed by atoms with E-state index in [0.717, 1.165) is 18.3 Å². The molecule has 2 rings (SSSR count). The summed E-state index contributed by atoms with van der Waals surface area (Å²) in [4.78, 5) is 6.63. The molecular formula is C12H19N3. The maximum atomic E-state index is 5.57. The first-order valence-corrected chi connectivity index (χ1v) is 5.63. The third kappa shape index (κ3) is 2.55.